The number of aliphatic hydroxyl groups is 1. The van der Waals surface area contributed by atoms with Crippen LogP contribution in [0.25, 0.3) is 0 Å². The smallest absolute Gasteiger partial charge is 0.303 e. The molecule has 0 spiro atoms. The predicted octanol–water partition coefficient (Wildman–Crippen LogP) is 4.89. The Morgan fingerprint density at radius 3 is 2.33 bits per heavy atom. The Morgan fingerprint density at radius 2 is 1.67 bits per heavy atom. The Bertz CT molecular complexity index is 1490. The van der Waals surface area contributed by atoms with Gasteiger partial charge in [0, 0.05) is 80.6 Å². The fraction of sp³-hybridized carbons (Fsp3) is 0.412. The monoisotopic (exact) mass is 632 g/mol. The summed E-state index contributed by atoms with van der Waals surface area (Å²) in [5.74, 6) is -1.19. The van der Waals surface area contributed by atoms with E-state index in [1.165, 1.54) is 12.1 Å². The number of carbonyl (C=O) groups excluding carboxylic acids is 1. The maximum Gasteiger partial charge on any atom is 0.303 e. The van der Waals surface area contributed by atoms with Gasteiger partial charge in [-0.25, -0.2) is 0 Å². The molecule has 2 fully saturated rings. The highest BCUT2D eigenvalue weighted by Gasteiger charge is 2.39. The van der Waals surface area contributed by atoms with E-state index < -0.39 is 17.2 Å². The average molecular weight is 633 g/mol. The zero-order valence-corrected chi connectivity index (χ0v) is 25.8. The summed E-state index contributed by atoms with van der Waals surface area (Å²) in [7, 11) is 0. The number of carboxylic acid groups (broad SMARTS) is 1. The van der Waals surface area contributed by atoms with Crippen molar-refractivity contribution in [2.75, 3.05) is 42.9 Å². The number of rotatable bonds is 12. The van der Waals surface area contributed by atoms with Crippen LogP contribution in [0.5, 0.6) is 0 Å². The minimum atomic E-state index is -0.933. The molecule has 12 nitrogen and oxygen atoms in total. The van der Waals surface area contributed by atoms with Crippen molar-refractivity contribution in [3.63, 3.8) is 0 Å². The molecule has 1 amide bonds. The predicted molar refractivity (Wildman–Crippen MR) is 171 cm³/mol. The SMILES string of the molecule is C[C@@H]1[C@H](CN2CCN(c3ccc([N+](=O)[O-])cc3)CC2)O[C@H](c2cccc(NC(=O)CCCC(=O)O)c2)O[C@@H]1c1ccc(CO)cc1. The second-order valence-corrected chi connectivity index (χ2v) is 11.8. The third-order valence-electron chi connectivity index (χ3n) is 8.60. The number of ether oxygens (including phenoxy) is 2. The Labute approximate surface area is 267 Å². The van der Waals surface area contributed by atoms with Crippen LogP contribution >= 0.6 is 0 Å². The van der Waals surface area contributed by atoms with Gasteiger partial charge in [-0.05, 0) is 41.8 Å². The summed E-state index contributed by atoms with van der Waals surface area (Å²) in [5.41, 5.74) is 4.16. The molecule has 4 atom stereocenters. The number of hydrogen-bond acceptors (Lipinski definition) is 9. The summed E-state index contributed by atoms with van der Waals surface area (Å²) in [5, 5.41) is 32.3. The molecule has 3 aromatic carbocycles. The van der Waals surface area contributed by atoms with Crippen molar-refractivity contribution in [3.8, 4) is 0 Å². The van der Waals surface area contributed by atoms with E-state index in [2.05, 4.69) is 22.0 Å². The molecule has 2 saturated heterocycles. The molecule has 5 rings (SSSR count). The van der Waals surface area contributed by atoms with Crippen LogP contribution in [0.1, 0.15) is 55.3 Å². The summed E-state index contributed by atoms with van der Waals surface area (Å²) in [6.45, 7) is 5.91. The summed E-state index contributed by atoms with van der Waals surface area (Å²) >= 11 is 0. The van der Waals surface area contributed by atoms with Crippen molar-refractivity contribution in [1.29, 1.82) is 0 Å². The number of aliphatic carboxylic acids is 1. The standard InChI is InChI=1S/C34H40N4O8/c1-23-30(21-36-16-18-37(19-17-36)28-12-14-29(15-13-28)38(43)44)45-34(46-33(23)25-10-8-24(22-39)9-11-25)26-4-2-5-27(20-26)35-31(40)6-3-7-32(41)42/h2,4-5,8-15,20,23,30,33-34,39H,3,6-7,16-19,21-22H2,1H3,(H,35,40)(H,41,42)/t23-,30+,33+,34+/m1/s1. The number of benzene rings is 3. The Morgan fingerprint density at radius 1 is 0.957 bits per heavy atom. The highest BCUT2D eigenvalue weighted by atomic mass is 16.7. The largest absolute Gasteiger partial charge is 0.481 e. The molecule has 3 N–H and O–H groups in total. The lowest BCUT2D eigenvalue weighted by molar-refractivity contribution is -0.384. The zero-order chi connectivity index (χ0) is 32.6. The molecule has 46 heavy (non-hydrogen) atoms. The van der Waals surface area contributed by atoms with E-state index in [4.69, 9.17) is 14.6 Å². The molecule has 0 aromatic heterocycles. The van der Waals surface area contributed by atoms with E-state index in [1.807, 2.05) is 42.5 Å². The molecule has 0 aliphatic carbocycles. The van der Waals surface area contributed by atoms with Crippen molar-refractivity contribution in [3.05, 3.63) is 99.6 Å². The van der Waals surface area contributed by atoms with E-state index in [0.717, 1.165) is 48.6 Å². The maximum atomic E-state index is 12.4. The fourth-order valence-corrected chi connectivity index (χ4v) is 5.94. The molecule has 0 radical (unpaired) electrons. The van der Waals surface area contributed by atoms with Gasteiger partial charge in [-0.15, -0.1) is 0 Å². The van der Waals surface area contributed by atoms with Crippen LogP contribution in [-0.4, -0.2) is 70.7 Å². The Balaban J connectivity index is 1.28. The van der Waals surface area contributed by atoms with Gasteiger partial charge in [0.15, 0.2) is 6.29 Å². The molecule has 244 valence electrons. The summed E-state index contributed by atoms with van der Waals surface area (Å²) in [6.07, 6.45) is -0.865. The van der Waals surface area contributed by atoms with Gasteiger partial charge in [0.1, 0.15) is 0 Å². The number of carboxylic acids is 1. The maximum absolute atomic E-state index is 12.4. The number of aliphatic hydroxyl groups excluding tert-OH is 1. The van der Waals surface area contributed by atoms with Crippen LogP contribution in [0.15, 0.2) is 72.8 Å². The molecular formula is C34H40N4O8. The lowest BCUT2D eigenvalue weighted by Gasteiger charge is -2.44. The normalized spacial score (nSPS) is 21.9. The number of nitrogens with zero attached hydrogens (tertiary/aromatic N) is 3. The van der Waals surface area contributed by atoms with Crippen LogP contribution in [0.2, 0.25) is 0 Å². The molecular weight excluding hydrogens is 592 g/mol. The van der Waals surface area contributed by atoms with Gasteiger partial charge in [0.25, 0.3) is 5.69 Å². The van der Waals surface area contributed by atoms with E-state index >= 15 is 0 Å². The first kappa shape index (κ1) is 33.0. The number of nitro groups is 1. The minimum Gasteiger partial charge on any atom is -0.481 e. The van der Waals surface area contributed by atoms with Gasteiger partial charge in [-0.2, -0.15) is 0 Å². The Hall–Kier alpha value is -4.36. The van der Waals surface area contributed by atoms with Crippen LogP contribution in [0.3, 0.4) is 0 Å². The van der Waals surface area contributed by atoms with E-state index in [9.17, 15) is 24.8 Å². The molecule has 0 unspecified atom stereocenters. The van der Waals surface area contributed by atoms with E-state index in [1.54, 1.807) is 18.2 Å². The van der Waals surface area contributed by atoms with Crippen molar-refractivity contribution < 1.29 is 34.2 Å². The van der Waals surface area contributed by atoms with Gasteiger partial charge >= 0.3 is 5.97 Å². The topological polar surface area (TPSA) is 155 Å². The first-order valence-electron chi connectivity index (χ1n) is 15.5. The number of anilines is 2. The van der Waals surface area contributed by atoms with Gasteiger partial charge < -0.3 is 29.9 Å². The van der Waals surface area contributed by atoms with Crippen molar-refractivity contribution in [1.82, 2.24) is 4.90 Å². The van der Waals surface area contributed by atoms with Crippen molar-refractivity contribution in [2.45, 2.75) is 51.3 Å². The molecule has 2 aliphatic rings. The highest BCUT2D eigenvalue weighted by Crippen LogP contribution is 2.42. The van der Waals surface area contributed by atoms with E-state index in [0.29, 0.717) is 12.2 Å². The third-order valence-corrected chi connectivity index (χ3v) is 8.60. The van der Waals surface area contributed by atoms with Crippen LogP contribution in [-0.2, 0) is 25.7 Å². The van der Waals surface area contributed by atoms with Gasteiger partial charge in [0.05, 0.1) is 23.7 Å². The molecule has 2 aliphatic heterocycles. The third kappa shape index (κ3) is 8.46. The quantitative estimate of drug-likeness (QED) is 0.186. The fourth-order valence-electron chi connectivity index (χ4n) is 5.94. The lowest BCUT2D eigenvalue weighted by atomic mass is 9.90. The molecule has 2 heterocycles. The van der Waals surface area contributed by atoms with Crippen LogP contribution in [0.4, 0.5) is 17.1 Å². The number of amides is 1. The number of nitrogens with one attached hydrogen (secondary N) is 1. The molecule has 3 aromatic rings. The van der Waals surface area contributed by atoms with Gasteiger partial charge in [-0.1, -0.05) is 43.3 Å². The number of nitro benzene ring substituents is 1. The molecule has 0 saturated carbocycles. The van der Waals surface area contributed by atoms with Crippen LogP contribution in [0, 0.1) is 16.0 Å². The van der Waals surface area contributed by atoms with Crippen molar-refractivity contribution in [2.24, 2.45) is 5.92 Å². The van der Waals surface area contributed by atoms with Gasteiger partial charge in [0.2, 0.25) is 5.91 Å². The lowest BCUT2D eigenvalue weighted by Crippen LogP contribution is -2.51. The first-order chi connectivity index (χ1) is 22.2. The summed E-state index contributed by atoms with van der Waals surface area (Å²) < 4.78 is 13.2. The van der Waals surface area contributed by atoms with Crippen molar-refractivity contribution >= 4 is 28.9 Å². The minimum absolute atomic E-state index is 0.000972. The second kappa shape index (κ2) is 15.3. The first-order valence-corrected chi connectivity index (χ1v) is 15.5. The number of hydrogen-bond donors (Lipinski definition) is 3. The summed E-state index contributed by atoms with van der Waals surface area (Å²) in [4.78, 5) is 38.5. The number of piperazine rings is 1. The van der Waals surface area contributed by atoms with Crippen LogP contribution < -0.4 is 10.2 Å². The second-order valence-electron chi connectivity index (χ2n) is 11.8. The van der Waals surface area contributed by atoms with Gasteiger partial charge in [-0.3, -0.25) is 24.6 Å². The molecule has 0 bridgehead atoms. The highest BCUT2D eigenvalue weighted by molar-refractivity contribution is 5.90. The average Bonchev–Trinajstić information content (AvgIpc) is 3.06. The Kier molecular flexibility index (Phi) is 11.0. The summed E-state index contributed by atoms with van der Waals surface area (Å²) in [6, 6.07) is 21.7. The number of non-ortho nitro benzene ring substituents is 1. The molecule has 12 heteroatoms. The number of carbonyl (C=O) groups is 2. The van der Waals surface area contributed by atoms with E-state index in [-0.39, 0.29) is 55.6 Å². The zero-order valence-electron chi connectivity index (χ0n) is 25.8.